The molecule has 1 aliphatic heterocycles. The summed E-state index contributed by atoms with van der Waals surface area (Å²) in [5.74, 6) is -0.0475. The zero-order valence-electron chi connectivity index (χ0n) is 6.59. The summed E-state index contributed by atoms with van der Waals surface area (Å²) in [5, 5.41) is 6.97. The lowest BCUT2D eigenvalue weighted by molar-refractivity contribution is 0.0923. The summed E-state index contributed by atoms with van der Waals surface area (Å²) in [7, 11) is 0. The Morgan fingerprint density at radius 1 is 1.67 bits per heavy atom. The van der Waals surface area contributed by atoms with Crippen LogP contribution in [0.1, 0.15) is 16.2 Å². The molecule has 0 bridgehead atoms. The number of aryl methyl sites for hydroxylation is 1. The summed E-state index contributed by atoms with van der Waals surface area (Å²) in [4.78, 5) is 11.3. The number of carbonyl (C=O) groups excluding carboxylic acids is 1. The van der Waals surface area contributed by atoms with Gasteiger partial charge in [-0.25, -0.2) is 0 Å². The van der Waals surface area contributed by atoms with Crippen LogP contribution in [0.4, 0.5) is 0 Å². The second kappa shape index (κ2) is 2.58. The summed E-state index contributed by atoms with van der Waals surface area (Å²) in [6.07, 6.45) is 0. The number of fused-ring (bicyclic) bond motifs is 1. The molecule has 0 aliphatic carbocycles. The second-order valence-corrected chi connectivity index (χ2v) is 3.52. The van der Waals surface area contributed by atoms with Gasteiger partial charge in [0.05, 0.1) is 16.7 Å². The predicted molar refractivity (Wildman–Crippen MR) is 47.0 cm³/mol. The average Bonchev–Trinajstić information content (AvgIpc) is 2.29. The number of nitrogens with zero attached hydrogens (tertiary/aromatic N) is 2. The van der Waals surface area contributed by atoms with Crippen LogP contribution in [0.25, 0.3) is 0 Å². The molecule has 1 aromatic rings. The number of rotatable bonds is 0. The van der Waals surface area contributed by atoms with E-state index in [0.717, 1.165) is 16.7 Å². The van der Waals surface area contributed by atoms with Gasteiger partial charge in [-0.2, -0.15) is 5.10 Å². The van der Waals surface area contributed by atoms with Crippen molar-refractivity contribution in [3.05, 3.63) is 15.9 Å². The highest BCUT2D eigenvalue weighted by molar-refractivity contribution is 9.10. The fourth-order valence-electron chi connectivity index (χ4n) is 1.30. The SMILES string of the molecule is Cc1nn2c(c1Br)C(=O)NCC2. The number of hydrogen-bond donors (Lipinski definition) is 1. The van der Waals surface area contributed by atoms with Gasteiger partial charge in [-0.1, -0.05) is 0 Å². The standard InChI is InChI=1S/C7H8BrN3O/c1-4-5(8)6-7(12)9-2-3-11(6)10-4/h2-3H2,1H3,(H,9,12). The number of aromatic nitrogens is 2. The fraction of sp³-hybridized carbons (Fsp3) is 0.429. The van der Waals surface area contributed by atoms with Gasteiger partial charge in [0.2, 0.25) is 0 Å². The van der Waals surface area contributed by atoms with Crippen LogP contribution in [0.5, 0.6) is 0 Å². The van der Waals surface area contributed by atoms with Crippen molar-refractivity contribution in [2.24, 2.45) is 0 Å². The molecule has 12 heavy (non-hydrogen) atoms. The zero-order valence-corrected chi connectivity index (χ0v) is 8.18. The monoisotopic (exact) mass is 229 g/mol. The fourth-order valence-corrected chi connectivity index (χ4v) is 1.76. The molecule has 0 radical (unpaired) electrons. The molecule has 1 N–H and O–H groups in total. The van der Waals surface area contributed by atoms with Gasteiger partial charge in [0.25, 0.3) is 5.91 Å². The summed E-state index contributed by atoms with van der Waals surface area (Å²) < 4.78 is 2.54. The summed E-state index contributed by atoms with van der Waals surface area (Å²) in [6, 6.07) is 0. The lowest BCUT2D eigenvalue weighted by Gasteiger charge is -2.13. The highest BCUT2D eigenvalue weighted by Gasteiger charge is 2.22. The van der Waals surface area contributed by atoms with E-state index in [0.29, 0.717) is 12.2 Å². The van der Waals surface area contributed by atoms with Crippen LogP contribution in [0.2, 0.25) is 0 Å². The zero-order chi connectivity index (χ0) is 8.72. The third-order valence-electron chi connectivity index (χ3n) is 1.88. The molecule has 0 unspecified atom stereocenters. The van der Waals surface area contributed by atoms with Crippen molar-refractivity contribution in [2.75, 3.05) is 6.54 Å². The molecule has 2 rings (SSSR count). The Bertz CT molecular complexity index is 345. The second-order valence-electron chi connectivity index (χ2n) is 2.73. The van der Waals surface area contributed by atoms with E-state index in [2.05, 4.69) is 26.3 Å². The Kier molecular flexibility index (Phi) is 1.68. The molecule has 0 aromatic carbocycles. The van der Waals surface area contributed by atoms with Crippen LogP contribution in [-0.2, 0) is 6.54 Å². The van der Waals surface area contributed by atoms with Gasteiger partial charge < -0.3 is 5.32 Å². The minimum Gasteiger partial charge on any atom is -0.349 e. The van der Waals surface area contributed by atoms with Crippen LogP contribution >= 0.6 is 15.9 Å². The minimum absolute atomic E-state index is 0.0475. The highest BCUT2D eigenvalue weighted by atomic mass is 79.9. The smallest absolute Gasteiger partial charge is 0.270 e. The first-order chi connectivity index (χ1) is 5.70. The van der Waals surface area contributed by atoms with Crippen LogP contribution in [0.3, 0.4) is 0 Å². The Hall–Kier alpha value is -0.840. The Morgan fingerprint density at radius 3 is 3.08 bits per heavy atom. The van der Waals surface area contributed by atoms with Crippen LogP contribution in [-0.4, -0.2) is 22.2 Å². The van der Waals surface area contributed by atoms with E-state index in [4.69, 9.17) is 0 Å². The van der Waals surface area contributed by atoms with Crippen molar-refractivity contribution in [2.45, 2.75) is 13.5 Å². The summed E-state index contributed by atoms with van der Waals surface area (Å²) >= 11 is 3.33. The summed E-state index contributed by atoms with van der Waals surface area (Å²) in [5.41, 5.74) is 1.50. The van der Waals surface area contributed by atoms with Crippen molar-refractivity contribution in [3.8, 4) is 0 Å². The van der Waals surface area contributed by atoms with Crippen molar-refractivity contribution in [1.82, 2.24) is 15.1 Å². The quantitative estimate of drug-likeness (QED) is 0.712. The molecule has 2 heterocycles. The first-order valence-corrected chi connectivity index (χ1v) is 4.50. The van der Waals surface area contributed by atoms with Crippen molar-refractivity contribution in [3.63, 3.8) is 0 Å². The van der Waals surface area contributed by atoms with E-state index in [1.165, 1.54) is 0 Å². The molecule has 1 aliphatic rings. The van der Waals surface area contributed by atoms with Gasteiger partial charge in [0.1, 0.15) is 5.69 Å². The lowest BCUT2D eigenvalue weighted by Crippen LogP contribution is -2.35. The Labute approximate surface area is 78.1 Å². The van der Waals surface area contributed by atoms with Crippen molar-refractivity contribution in [1.29, 1.82) is 0 Å². The van der Waals surface area contributed by atoms with Gasteiger partial charge in [-0.05, 0) is 22.9 Å². The highest BCUT2D eigenvalue weighted by Crippen LogP contribution is 2.21. The molecule has 4 nitrogen and oxygen atoms in total. The van der Waals surface area contributed by atoms with Crippen molar-refractivity contribution < 1.29 is 4.79 Å². The lowest BCUT2D eigenvalue weighted by atomic mass is 10.3. The number of hydrogen-bond acceptors (Lipinski definition) is 2. The molecule has 64 valence electrons. The van der Waals surface area contributed by atoms with Crippen LogP contribution < -0.4 is 5.32 Å². The Balaban J connectivity index is 2.61. The van der Waals surface area contributed by atoms with E-state index in [1.54, 1.807) is 4.68 Å². The molecule has 1 aromatic heterocycles. The molecular formula is C7H8BrN3O. The molecular weight excluding hydrogens is 222 g/mol. The maximum absolute atomic E-state index is 11.3. The molecule has 0 spiro atoms. The molecule has 1 amide bonds. The number of amides is 1. The van der Waals surface area contributed by atoms with Gasteiger partial charge >= 0.3 is 0 Å². The predicted octanol–water partition coefficient (Wildman–Crippen LogP) is 0.697. The first kappa shape index (κ1) is 7.79. The maximum atomic E-state index is 11.3. The van der Waals surface area contributed by atoms with E-state index < -0.39 is 0 Å². The average molecular weight is 230 g/mol. The van der Waals surface area contributed by atoms with E-state index in [1.807, 2.05) is 6.92 Å². The largest absolute Gasteiger partial charge is 0.349 e. The molecule has 0 saturated carbocycles. The maximum Gasteiger partial charge on any atom is 0.270 e. The van der Waals surface area contributed by atoms with Gasteiger partial charge in [0, 0.05) is 6.54 Å². The topological polar surface area (TPSA) is 46.9 Å². The molecule has 0 fully saturated rings. The number of nitrogens with one attached hydrogen (secondary N) is 1. The first-order valence-electron chi connectivity index (χ1n) is 3.71. The van der Waals surface area contributed by atoms with Crippen molar-refractivity contribution >= 4 is 21.8 Å². The number of carbonyl (C=O) groups is 1. The molecule has 5 heteroatoms. The van der Waals surface area contributed by atoms with E-state index in [-0.39, 0.29) is 5.91 Å². The van der Waals surface area contributed by atoms with Gasteiger partial charge in [0.15, 0.2) is 0 Å². The molecule has 0 saturated heterocycles. The third-order valence-corrected chi connectivity index (χ3v) is 2.83. The minimum atomic E-state index is -0.0475. The van der Waals surface area contributed by atoms with Gasteiger partial charge in [-0.15, -0.1) is 0 Å². The van der Waals surface area contributed by atoms with E-state index in [9.17, 15) is 4.79 Å². The van der Waals surface area contributed by atoms with Crippen LogP contribution in [0.15, 0.2) is 4.47 Å². The van der Waals surface area contributed by atoms with Crippen LogP contribution in [0, 0.1) is 6.92 Å². The van der Waals surface area contributed by atoms with E-state index >= 15 is 0 Å². The molecule has 0 atom stereocenters. The number of halogens is 1. The van der Waals surface area contributed by atoms with Gasteiger partial charge in [-0.3, -0.25) is 9.48 Å². The third kappa shape index (κ3) is 0.964. The summed E-state index contributed by atoms with van der Waals surface area (Å²) in [6.45, 7) is 3.30. The normalized spacial score (nSPS) is 15.7. The Morgan fingerprint density at radius 2 is 2.42 bits per heavy atom.